The van der Waals surface area contributed by atoms with Crippen LogP contribution in [0.15, 0.2) is 53.1 Å². The Bertz CT molecular complexity index is 963. The SMILES string of the molecule is CC(=O)c1cccc(NC(=O)c2cc(-c3ccc(C)c(F)c3)on2)c1. The number of aryl methyl sites for hydroxylation is 1. The molecule has 1 heterocycles. The van der Waals surface area contributed by atoms with E-state index < -0.39 is 5.91 Å². The van der Waals surface area contributed by atoms with Crippen molar-refractivity contribution in [2.45, 2.75) is 13.8 Å². The standard InChI is InChI=1S/C19H15FN2O3/c1-11-6-7-14(9-16(11)20)18-10-17(22-25-18)19(24)21-15-5-3-4-13(8-15)12(2)23/h3-10H,1-2H3,(H,21,24). The van der Waals surface area contributed by atoms with E-state index in [1.807, 2.05) is 0 Å². The summed E-state index contributed by atoms with van der Waals surface area (Å²) < 4.78 is 18.8. The third kappa shape index (κ3) is 3.63. The van der Waals surface area contributed by atoms with Crippen molar-refractivity contribution in [1.82, 2.24) is 5.16 Å². The maximum atomic E-state index is 13.7. The highest BCUT2D eigenvalue weighted by molar-refractivity contribution is 6.04. The zero-order valence-electron chi connectivity index (χ0n) is 13.7. The van der Waals surface area contributed by atoms with Gasteiger partial charge in [-0.2, -0.15) is 0 Å². The third-order valence-electron chi connectivity index (χ3n) is 3.73. The summed E-state index contributed by atoms with van der Waals surface area (Å²) in [6, 6.07) is 12.7. The highest BCUT2D eigenvalue weighted by atomic mass is 19.1. The largest absolute Gasteiger partial charge is 0.355 e. The second kappa shape index (κ2) is 6.68. The molecule has 1 N–H and O–H groups in total. The average molecular weight is 338 g/mol. The molecule has 126 valence electrons. The van der Waals surface area contributed by atoms with Gasteiger partial charge in [-0.15, -0.1) is 0 Å². The maximum absolute atomic E-state index is 13.7. The summed E-state index contributed by atoms with van der Waals surface area (Å²) in [5.74, 6) is -0.646. The Labute approximate surface area is 143 Å². The molecule has 0 saturated heterocycles. The van der Waals surface area contributed by atoms with Crippen molar-refractivity contribution in [3.63, 3.8) is 0 Å². The number of aromatic nitrogens is 1. The van der Waals surface area contributed by atoms with Crippen LogP contribution in [0.25, 0.3) is 11.3 Å². The first-order valence-corrected chi connectivity index (χ1v) is 7.59. The smallest absolute Gasteiger partial charge is 0.277 e. The summed E-state index contributed by atoms with van der Waals surface area (Å²) in [6.45, 7) is 3.11. The van der Waals surface area contributed by atoms with Gasteiger partial charge in [-0.05, 0) is 37.6 Å². The number of rotatable bonds is 4. The molecule has 0 unspecified atom stereocenters. The molecule has 0 aliphatic rings. The predicted molar refractivity (Wildman–Crippen MR) is 91.0 cm³/mol. The Kier molecular flexibility index (Phi) is 4.43. The van der Waals surface area contributed by atoms with Crippen molar-refractivity contribution in [1.29, 1.82) is 0 Å². The van der Waals surface area contributed by atoms with Crippen LogP contribution in [-0.4, -0.2) is 16.8 Å². The first kappa shape index (κ1) is 16.6. The zero-order valence-corrected chi connectivity index (χ0v) is 13.7. The molecule has 0 spiro atoms. The van der Waals surface area contributed by atoms with Crippen LogP contribution >= 0.6 is 0 Å². The molecule has 1 amide bonds. The minimum absolute atomic E-state index is 0.0595. The van der Waals surface area contributed by atoms with Crippen molar-refractivity contribution >= 4 is 17.4 Å². The molecular weight excluding hydrogens is 323 g/mol. The molecule has 0 fully saturated rings. The van der Waals surface area contributed by atoms with Gasteiger partial charge in [0.1, 0.15) is 5.82 Å². The van der Waals surface area contributed by atoms with Gasteiger partial charge in [0.05, 0.1) is 0 Å². The van der Waals surface area contributed by atoms with E-state index in [2.05, 4.69) is 10.5 Å². The lowest BCUT2D eigenvalue weighted by Gasteiger charge is -2.04. The van der Waals surface area contributed by atoms with Crippen LogP contribution in [0.2, 0.25) is 0 Å². The zero-order chi connectivity index (χ0) is 18.0. The number of ketones is 1. The van der Waals surface area contributed by atoms with Gasteiger partial charge in [-0.1, -0.05) is 29.4 Å². The van der Waals surface area contributed by atoms with Crippen LogP contribution < -0.4 is 5.32 Å². The van der Waals surface area contributed by atoms with Crippen molar-refractivity contribution < 1.29 is 18.5 Å². The van der Waals surface area contributed by atoms with Gasteiger partial charge < -0.3 is 9.84 Å². The van der Waals surface area contributed by atoms with Gasteiger partial charge in [0.2, 0.25) is 0 Å². The van der Waals surface area contributed by atoms with E-state index in [0.717, 1.165) is 0 Å². The molecule has 3 rings (SSSR count). The molecule has 0 radical (unpaired) electrons. The number of hydrogen-bond donors (Lipinski definition) is 1. The Morgan fingerprint density at radius 3 is 2.64 bits per heavy atom. The number of hydrogen-bond acceptors (Lipinski definition) is 4. The van der Waals surface area contributed by atoms with Crippen molar-refractivity contribution in [2.24, 2.45) is 0 Å². The monoisotopic (exact) mass is 338 g/mol. The molecule has 0 saturated carbocycles. The molecule has 6 heteroatoms. The molecule has 2 aromatic carbocycles. The minimum Gasteiger partial charge on any atom is -0.355 e. The Hall–Kier alpha value is -3.28. The number of nitrogens with zero attached hydrogens (tertiary/aromatic N) is 1. The molecule has 0 aliphatic heterocycles. The van der Waals surface area contributed by atoms with E-state index in [9.17, 15) is 14.0 Å². The molecule has 3 aromatic rings. The number of benzene rings is 2. The van der Waals surface area contributed by atoms with Gasteiger partial charge in [-0.25, -0.2) is 4.39 Å². The van der Waals surface area contributed by atoms with Crippen LogP contribution in [0.3, 0.4) is 0 Å². The van der Waals surface area contributed by atoms with E-state index in [-0.39, 0.29) is 17.3 Å². The van der Waals surface area contributed by atoms with E-state index >= 15 is 0 Å². The Balaban J connectivity index is 1.80. The Morgan fingerprint density at radius 1 is 1.12 bits per heavy atom. The second-order valence-electron chi connectivity index (χ2n) is 5.63. The van der Waals surface area contributed by atoms with Crippen molar-refractivity contribution in [2.75, 3.05) is 5.32 Å². The number of carbonyl (C=O) groups excluding carboxylic acids is 2. The summed E-state index contributed by atoms with van der Waals surface area (Å²) in [5.41, 5.74) is 2.04. The van der Waals surface area contributed by atoms with Gasteiger partial charge in [0, 0.05) is 22.9 Å². The van der Waals surface area contributed by atoms with Gasteiger partial charge in [0.25, 0.3) is 5.91 Å². The fraction of sp³-hybridized carbons (Fsp3) is 0.105. The molecule has 5 nitrogen and oxygen atoms in total. The summed E-state index contributed by atoms with van der Waals surface area (Å²) in [7, 11) is 0. The number of anilines is 1. The lowest BCUT2D eigenvalue weighted by Crippen LogP contribution is -2.12. The molecule has 25 heavy (non-hydrogen) atoms. The van der Waals surface area contributed by atoms with Crippen molar-refractivity contribution in [3.8, 4) is 11.3 Å². The fourth-order valence-electron chi connectivity index (χ4n) is 2.28. The van der Waals surface area contributed by atoms with E-state index in [1.54, 1.807) is 43.3 Å². The van der Waals surface area contributed by atoms with Crippen LogP contribution in [0.1, 0.15) is 33.3 Å². The van der Waals surface area contributed by atoms with Crippen LogP contribution in [-0.2, 0) is 0 Å². The maximum Gasteiger partial charge on any atom is 0.277 e. The Morgan fingerprint density at radius 2 is 1.92 bits per heavy atom. The highest BCUT2D eigenvalue weighted by Gasteiger charge is 2.15. The predicted octanol–water partition coefficient (Wildman–Crippen LogP) is 4.24. The fourth-order valence-corrected chi connectivity index (χ4v) is 2.28. The van der Waals surface area contributed by atoms with Crippen LogP contribution in [0.4, 0.5) is 10.1 Å². The third-order valence-corrected chi connectivity index (χ3v) is 3.73. The topological polar surface area (TPSA) is 72.2 Å². The van der Waals surface area contributed by atoms with Crippen molar-refractivity contribution in [3.05, 3.63) is 71.2 Å². The van der Waals surface area contributed by atoms with Gasteiger partial charge >= 0.3 is 0 Å². The number of amides is 1. The quantitative estimate of drug-likeness (QED) is 0.722. The van der Waals surface area contributed by atoms with Gasteiger partial charge in [0.15, 0.2) is 17.2 Å². The molecule has 1 aromatic heterocycles. The average Bonchev–Trinajstić information content (AvgIpc) is 3.08. The van der Waals surface area contributed by atoms with E-state index in [0.29, 0.717) is 28.1 Å². The highest BCUT2D eigenvalue weighted by Crippen LogP contribution is 2.23. The van der Waals surface area contributed by atoms with Crippen LogP contribution in [0.5, 0.6) is 0 Å². The number of Topliss-reactive ketones (excluding diaryl/α,β-unsaturated/α-hetero) is 1. The molecule has 0 aliphatic carbocycles. The van der Waals surface area contributed by atoms with Gasteiger partial charge in [-0.3, -0.25) is 9.59 Å². The molecule has 0 atom stereocenters. The summed E-state index contributed by atoms with van der Waals surface area (Å²) in [4.78, 5) is 23.7. The minimum atomic E-state index is -0.483. The normalized spacial score (nSPS) is 10.5. The number of nitrogens with one attached hydrogen (secondary N) is 1. The second-order valence-corrected chi connectivity index (χ2v) is 5.63. The molecule has 0 bridgehead atoms. The first-order valence-electron chi connectivity index (χ1n) is 7.59. The first-order chi connectivity index (χ1) is 11.9. The van der Waals surface area contributed by atoms with E-state index in [1.165, 1.54) is 19.1 Å². The van der Waals surface area contributed by atoms with E-state index in [4.69, 9.17) is 4.52 Å². The number of carbonyl (C=O) groups is 2. The summed E-state index contributed by atoms with van der Waals surface area (Å²) in [6.07, 6.45) is 0. The lowest BCUT2D eigenvalue weighted by atomic mass is 10.1. The lowest BCUT2D eigenvalue weighted by molar-refractivity contribution is 0.100. The number of halogens is 1. The summed E-state index contributed by atoms with van der Waals surface area (Å²) in [5, 5.41) is 6.37. The van der Waals surface area contributed by atoms with Crippen LogP contribution in [0, 0.1) is 12.7 Å². The summed E-state index contributed by atoms with van der Waals surface area (Å²) >= 11 is 0. The molecular formula is C19H15FN2O3.